The number of carbonyl (C=O) groups excluding carboxylic acids is 3. The van der Waals surface area contributed by atoms with E-state index in [1.54, 1.807) is 28.8 Å². The summed E-state index contributed by atoms with van der Waals surface area (Å²) in [6.45, 7) is 2.82. The number of fused-ring (bicyclic) bond motifs is 1. The number of thioether (sulfide) groups is 1. The van der Waals surface area contributed by atoms with Crippen molar-refractivity contribution in [1.29, 1.82) is 0 Å². The van der Waals surface area contributed by atoms with Crippen molar-refractivity contribution in [2.45, 2.75) is 24.8 Å². The summed E-state index contributed by atoms with van der Waals surface area (Å²) in [5.41, 5.74) is 7.20. The molecule has 1 aliphatic rings. The highest BCUT2D eigenvalue weighted by Gasteiger charge is 2.29. The molecular formula is C19H21N3O4S2. The van der Waals surface area contributed by atoms with Crippen LogP contribution < -0.4 is 11.1 Å². The van der Waals surface area contributed by atoms with Crippen LogP contribution in [0.2, 0.25) is 0 Å². The summed E-state index contributed by atoms with van der Waals surface area (Å²) in [7, 11) is 1.33. The number of anilines is 1. The Morgan fingerprint density at radius 2 is 2.00 bits per heavy atom. The number of nitrogens with zero attached hydrogens (tertiary/aromatic N) is 1. The fraction of sp³-hybridized carbons (Fsp3) is 0.316. The lowest BCUT2D eigenvalue weighted by Gasteiger charge is -2.25. The quantitative estimate of drug-likeness (QED) is 0.724. The number of hydrogen-bond acceptors (Lipinski definition) is 6. The van der Waals surface area contributed by atoms with E-state index in [0.29, 0.717) is 35.6 Å². The molecule has 9 heteroatoms. The van der Waals surface area contributed by atoms with Crippen molar-refractivity contribution < 1.29 is 19.1 Å². The van der Waals surface area contributed by atoms with Gasteiger partial charge in [-0.05, 0) is 42.0 Å². The topological polar surface area (TPSA) is 102 Å². The summed E-state index contributed by atoms with van der Waals surface area (Å²) >= 11 is 2.97. The van der Waals surface area contributed by atoms with Gasteiger partial charge >= 0.3 is 6.09 Å². The molecule has 0 saturated heterocycles. The Morgan fingerprint density at radius 1 is 1.29 bits per heavy atom. The summed E-state index contributed by atoms with van der Waals surface area (Å²) in [6, 6.07) is 7.30. The van der Waals surface area contributed by atoms with Gasteiger partial charge in [-0.3, -0.25) is 9.59 Å². The normalized spacial score (nSPS) is 13.0. The summed E-state index contributed by atoms with van der Waals surface area (Å²) in [4.78, 5) is 39.9. The van der Waals surface area contributed by atoms with Crippen LogP contribution in [0.4, 0.5) is 9.80 Å². The fourth-order valence-electron chi connectivity index (χ4n) is 3.08. The number of amides is 3. The monoisotopic (exact) mass is 419 g/mol. The number of primary amides is 1. The largest absolute Gasteiger partial charge is 0.453 e. The average molecular weight is 420 g/mol. The van der Waals surface area contributed by atoms with Crippen LogP contribution in [0.5, 0.6) is 0 Å². The molecule has 7 nitrogen and oxygen atoms in total. The molecule has 0 bridgehead atoms. The number of methoxy groups -OCH3 is 1. The molecule has 0 spiro atoms. The molecular weight excluding hydrogens is 398 g/mol. The summed E-state index contributed by atoms with van der Waals surface area (Å²) in [5, 5.41) is 3.23. The molecule has 28 heavy (non-hydrogen) atoms. The minimum atomic E-state index is -0.589. The lowest BCUT2D eigenvalue weighted by molar-refractivity contribution is 0.0999. The molecule has 0 saturated carbocycles. The molecule has 148 valence electrons. The number of thiophene rings is 1. The van der Waals surface area contributed by atoms with E-state index in [1.807, 2.05) is 12.1 Å². The van der Waals surface area contributed by atoms with E-state index in [1.165, 1.54) is 18.4 Å². The van der Waals surface area contributed by atoms with Crippen LogP contribution in [-0.4, -0.2) is 42.2 Å². The highest BCUT2D eigenvalue weighted by atomic mass is 32.2. The van der Waals surface area contributed by atoms with Gasteiger partial charge in [0.15, 0.2) is 0 Å². The van der Waals surface area contributed by atoms with E-state index < -0.39 is 12.0 Å². The van der Waals surface area contributed by atoms with E-state index in [2.05, 4.69) is 12.2 Å². The van der Waals surface area contributed by atoms with Gasteiger partial charge in [0.1, 0.15) is 5.00 Å². The highest BCUT2D eigenvalue weighted by Crippen LogP contribution is 2.37. The second kappa shape index (κ2) is 8.66. The number of hydrogen-bond donors (Lipinski definition) is 2. The Kier molecular flexibility index (Phi) is 6.25. The Morgan fingerprint density at radius 3 is 2.61 bits per heavy atom. The zero-order valence-corrected chi connectivity index (χ0v) is 17.2. The average Bonchev–Trinajstić information content (AvgIpc) is 3.05. The first-order valence-electron chi connectivity index (χ1n) is 8.76. The van der Waals surface area contributed by atoms with Crippen LogP contribution in [0.25, 0.3) is 0 Å². The standard InChI is InChI=1S/C19H21N3O4S2/c1-3-27-12-6-4-11(5-7-12)17(24)21-18-15(16(20)23)13-8-9-22(19(25)26-2)10-14(13)28-18/h4-7H,3,8-10H2,1-2H3,(H2,20,23)(H,21,24). The smallest absolute Gasteiger partial charge is 0.409 e. The molecule has 1 aromatic heterocycles. The second-order valence-electron chi connectivity index (χ2n) is 6.13. The number of ether oxygens (including phenoxy) is 1. The van der Waals surface area contributed by atoms with Crippen molar-refractivity contribution in [3.63, 3.8) is 0 Å². The third-order valence-corrected chi connectivity index (χ3v) is 6.42. The molecule has 1 aromatic carbocycles. The molecule has 0 aliphatic carbocycles. The van der Waals surface area contributed by atoms with Gasteiger partial charge in [0.2, 0.25) is 0 Å². The van der Waals surface area contributed by atoms with E-state index in [9.17, 15) is 14.4 Å². The van der Waals surface area contributed by atoms with Crippen molar-refractivity contribution in [3.05, 3.63) is 45.8 Å². The molecule has 2 aromatic rings. The Balaban J connectivity index is 1.84. The van der Waals surface area contributed by atoms with E-state index in [0.717, 1.165) is 21.1 Å². The minimum absolute atomic E-state index is 0.307. The molecule has 3 rings (SSSR count). The van der Waals surface area contributed by atoms with Crippen molar-refractivity contribution in [3.8, 4) is 0 Å². The predicted molar refractivity (Wildman–Crippen MR) is 110 cm³/mol. The molecule has 3 amide bonds. The number of nitrogens with two attached hydrogens (primary N) is 1. The fourth-order valence-corrected chi connectivity index (χ4v) is 5.01. The van der Waals surface area contributed by atoms with Gasteiger partial charge in [0, 0.05) is 21.9 Å². The highest BCUT2D eigenvalue weighted by molar-refractivity contribution is 7.99. The van der Waals surface area contributed by atoms with E-state index in [4.69, 9.17) is 10.5 Å². The van der Waals surface area contributed by atoms with Crippen LogP contribution in [-0.2, 0) is 17.7 Å². The first-order chi connectivity index (χ1) is 13.4. The van der Waals surface area contributed by atoms with Gasteiger partial charge in [-0.2, -0.15) is 0 Å². The van der Waals surface area contributed by atoms with Gasteiger partial charge in [0.25, 0.3) is 11.8 Å². The number of carbonyl (C=O) groups is 3. The van der Waals surface area contributed by atoms with Gasteiger partial charge in [-0.15, -0.1) is 23.1 Å². The molecule has 0 atom stereocenters. The van der Waals surface area contributed by atoms with Gasteiger partial charge < -0.3 is 20.7 Å². The SMILES string of the molecule is CCSc1ccc(C(=O)Nc2sc3c(c2C(N)=O)CCN(C(=O)OC)C3)cc1. The third kappa shape index (κ3) is 4.15. The van der Waals surface area contributed by atoms with Gasteiger partial charge in [-0.25, -0.2) is 4.79 Å². The first-order valence-corrected chi connectivity index (χ1v) is 10.6. The Bertz CT molecular complexity index is 909. The van der Waals surface area contributed by atoms with Crippen molar-refractivity contribution in [1.82, 2.24) is 4.90 Å². The summed E-state index contributed by atoms with van der Waals surface area (Å²) in [6.07, 6.45) is 0.0631. The van der Waals surface area contributed by atoms with Crippen molar-refractivity contribution in [2.75, 3.05) is 24.7 Å². The minimum Gasteiger partial charge on any atom is -0.453 e. The second-order valence-corrected chi connectivity index (χ2v) is 8.57. The maximum absolute atomic E-state index is 12.6. The lowest BCUT2D eigenvalue weighted by atomic mass is 10.0. The van der Waals surface area contributed by atoms with Crippen molar-refractivity contribution >= 4 is 46.0 Å². The number of rotatable bonds is 5. The number of benzene rings is 1. The molecule has 0 unspecified atom stereocenters. The van der Waals surface area contributed by atoms with E-state index in [-0.39, 0.29) is 5.91 Å². The van der Waals surface area contributed by atoms with Crippen LogP contribution in [0.3, 0.4) is 0 Å². The van der Waals surface area contributed by atoms with Gasteiger partial charge in [-0.1, -0.05) is 6.92 Å². The van der Waals surface area contributed by atoms with Crippen molar-refractivity contribution in [2.24, 2.45) is 5.73 Å². The molecule has 1 aliphatic heterocycles. The van der Waals surface area contributed by atoms with Gasteiger partial charge in [0.05, 0.1) is 19.2 Å². The maximum Gasteiger partial charge on any atom is 0.409 e. The zero-order valence-electron chi connectivity index (χ0n) is 15.6. The Labute approximate surface area is 171 Å². The van der Waals surface area contributed by atoms with Crippen LogP contribution in [0.15, 0.2) is 29.2 Å². The zero-order chi connectivity index (χ0) is 20.3. The molecule has 0 fully saturated rings. The summed E-state index contributed by atoms with van der Waals surface area (Å²) < 4.78 is 4.77. The molecule has 3 N–H and O–H groups in total. The molecule has 0 radical (unpaired) electrons. The predicted octanol–water partition coefficient (Wildman–Crippen LogP) is 3.34. The third-order valence-electron chi connectivity index (χ3n) is 4.39. The van der Waals surface area contributed by atoms with Crippen LogP contribution in [0, 0.1) is 0 Å². The lowest BCUT2D eigenvalue weighted by Crippen LogP contribution is -2.35. The summed E-state index contributed by atoms with van der Waals surface area (Å²) in [5.74, 6) is 0.0598. The maximum atomic E-state index is 12.6. The van der Waals surface area contributed by atoms with Crippen LogP contribution in [0.1, 0.15) is 38.1 Å². The number of nitrogens with one attached hydrogen (secondary N) is 1. The van der Waals surface area contributed by atoms with E-state index >= 15 is 0 Å². The van der Waals surface area contributed by atoms with Crippen LogP contribution >= 0.6 is 23.1 Å². The Hall–Kier alpha value is -2.52. The molecule has 2 heterocycles. The first kappa shape index (κ1) is 20.2.